The highest BCUT2D eigenvalue weighted by Gasteiger charge is 2.42. The van der Waals surface area contributed by atoms with Crippen molar-refractivity contribution in [2.75, 3.05) is 74.2 Å². The van der Waals surface area contributed by atoms with Gasteiger partial charge in [-0.2, -0.15) is 0 Å². The van der Waals surface area contributed by atoms with E-state index in [0.717, 1.165) is 50.6 Å². The number of nitrogens with zero attached hydrogens (tertiary/aromatic N) is 8. The van der Waals surface area contributed by atoms with E-state index in [1.807, 2.05) is 129 Å². The second-order valence-corrected chi connectivity index (χ2v) is 35.7. The minimum Gasteiger partial charge on any atom is -0.493 e. The van der Waals surface area contributed by atoms with Gasteiger partial charge in [0.25, 0.3) is 23.6 Å². The minimum atomic E-state index is -1.09. The summed E-state index contributed by atoms with van der Waals surface area (Å²) < 4.78 is 45.6. The van der Waals surface area contributed by atoms with Crippen molar-refractivity contribution in [3.8, 4) is 34.5 Å². The summed E-state index contributed by atoms with van der Waals surface area (Å²) in [6, 6.07) is 54.4. The largest absolute Gasteiger partial charge is 0.493 e. The maximum atomic E-state index is 14.0. The number of ketones is 4. The third-order valence-electron chi connectivity index (χ3n) is 25.8. The quantitative estimate of drug-likeness (QED) is 0.0178. The van der Waals surface area contributed by atoms with E-state index in [9.17, 15) is 72.2 Å². The number of para-hydroxylation sites is 4. The number of aliphatic imine (C=N–C) groups is 4. The summed E-state index contributed by atoms with van der Waals surface area (Å²) in [6.45, 7) is 3.37. The van der Waals surface area contributed by atoms with E-state index in [2.05, 4.69) is 30.4 Å². The van der Waals surface area contributed by atoms with Crippen LogP contribution in [0, 0.1) is 13.8 Å². The number of ether oxygens (including phenoxy) is 8. The Morgan fingerprint density at radius 3 is 1.05 bits per heavy atom. The lowest BCUT2D eigenvalue weighted by atomic mass is 10.0. The number of carboxylic acids is 1. The predicted octanol–water partition coefficient (Wildman–Crippen LogP) is 13.6. The molecule has 10 aromatic rings. The molecule has 6 N–H and O–H groups in total. The lowest BCUT2D eigenvalue weighted by molar-refractivity contribution is -0.141. The van der Waals surface area contributed by atoms with E-state index in [1.165, 1.54) is 28.4 Å². The molecule has 0 saturated heterocycles. The SMILES string of the molecule is COC(=O)CCCC(=O)CNC(=O)CCC(=O)CN.COC(=O)CCNC(=O)CCC(=O)CNC(=O)CCC(=O)c1cc(COc2cc3c(cc2C)C(=O)N2c4ccccc4C[C@H]2C=N3)cc(COc2cc3c(cc2OC)C(=O)N2c4ccccc4C[C@H]2C=N3)c1.COc1cc2c(cc1OCc1cc(COc3cc4c(cc3C)C(=O)N3c5ccccc5C[C@H]3C=N4)cc(C(=O)O)c1)N=C[C@@H]1Cc3ccccc3N1C2=O. The molecule has 8 heterocycles. The number of anilines is 4. The molecule has 0 aromatic heterocycles. The van der Waals surface area contributed by atoms with Crippen LogP contribution in [0.3, 0.4) is 0 Å². The van der Waals surface area contributed by atoms with Gasteiger partial charge in [-0.15, -0.1) is 0 Å². The Morgan fingerprint density at radius 1 is 0.359 bits per heavy atom. The van der Waals surface area contributed by atoms with Crippen molar-refractivity contribution in [2.24, 2.45) is 25.7 Å². The van der Waals surface area contributed by atoms with Crippen LogP contribution in [0.2, 0.25) is 0 Å². The minimum absolute atomic E-state index is 0.00353. The Hall–Kier alpha value is -17.0. The van der Waals surface area contributed by atoms with Gasteiger partial charge in [-0.3, -0.25) is 102 Å². The Kier molecular flexibility index (Phi) is 31.8. The summed E-state index contributed by atoms with van der Waals surface area (Å²) in [7, 11) is 5.52. The van der Waals surface area contributed by atoms with Crippen LogP contribution in [0.1, 0.15) is 182 Å². The molecule has 35 heteroatoms. The zero-order valence-corrected chi connectivity index (χ0v) is 80.6. The Morgan fingerprint density at radius 2 is 0.683 bits per heavy atom. The summed E-state index contributed by atoms with van der Waals surface area (Å²) in [5.74, 6) is -2.56. The Bertz CT molecular complexity index is 6980. The van der Waals surface area contributed by atoms with Gasteiger partial charge in [0.05, 0.1) is 129 Å². The number of methoxy groups -OCH3 is 4. The number of Topliss-reactive ketones (excluding diaryl/α,β-unsaturated/α-hetero) is 4. The molecule has 35 nitrogen and oxygen atoms in total. The zero-order chi connectivity index (χ0) is 102. The van der Waals surface area contributed by atoms with Gasteiger partial charge in [0, 0.05) is 161 Å². The molecule has 0 fully saturated rings. The normalized spacial score (nSPS) is 15.6. The number of hydrogen-bond acceptors (Lipinski definition) is 27. The molecule has 4 atom stereocenters. The second-order valence-electron chi connectivity index (χ2n) is 35.7. The Labute approximate surface area is 834 Å². The number of fused-ring (bicyclic) bond motifs is 16. The second kappa shape index (κ2) is 45.7. The number of carbonyl (C=O) groups excluding carboxylic acids is 13. The molecule has 10 aromatic carbocycles. The number of amides is 7. The van der Waals surface area contributed by atoms with Crippen molar-refractivity contribution in [1.82, 2.24) is 16.0 Å². The molecule has 8 aliphatic heterocycles. The fraction of sp³-hybridized carbons (Fsp3) is 0.291. The molecule has 744 valence electrons. The summed E-state index contributed by atoms with van der Waals surface area (Å²) >= 11 is 0. The molecule has 18 rings (SSSR count). The van der Waals surface area contributed by atoms with Crippen molar-refractivity contribution in [3.63, 3.8) is 0 Å². The van der Waals surface area contributed by atoms with Gasteiger partial charge in [-0.25, -0.2) is 4.79 Å². The number of carbonyl (C=O) groups is 14. The molecule has 145 heavy (non-hydrogen) atoms. The number of benzene rings is 10. The van der Waals surface area contributed by atoms with E-state index in [-0.39, 0.29) is 204 Å². The fourth-order valence-electron chi connectivity index (χ4n) is 18.3. The molecular weight excluding hydrogens is 1860 g/mol. The number of aryl methyl sites for hydroxylation is 2. The number of aromatic carboxylic acids is 1. The lowest BCUT2D eigenvalue weighted by Crippen LogP contribution is -2.37. The monoisotopic (exact) mass is 1960 g/mol. The molecule has 0 bridgehead atoms. The number of hydrogen-bond donors (Lipinski definition) is 5. The summed E-state index contributed by atoms with van der Waals surface area (Å²) in [4.78, 5) is 200. The molecular formula is C110H106N12O23. The number of nitrogens with one attached hydrogen (secondary N) is 3. The highest BCUT2D eigenvalue weighted by molar-refractivity contribution is 6.18. The van der Waals surface area contributed by atoms with Crippen LogP contribution in [0.15, 0.2) is 202 Å². The van der Waals surface area contributed by atoms with Crippen molar-refractivity contribution < 1.29 is 110 Å². The van der Waals surface area contributed by atoms with Crippen molar-refractivity contribution in [3.05, 3.63) is 271 Å². The standard InChI is InChI=1S/C55H52N6O11.C43H34N4O7.C12H20N2O5/c1-32-18-41-43(57-27-38-22-35-8-4-6-10-45(35)60(38)54(41)67)25-48(32)71-30-33-19-34(21-37(20-33)47(63)13-15-52(65)59-29-40(62)12-14-51(64)56-17-16-53(66)70-3)31-72-50-26-44-42(24-49(50)69-2)55(68)61-39(28-58-44)23-36-9-5-7-11-46(36)61;1-24-11-32-34(44-20-30-15-27-7-3-5-9-36(27)46(30)41(32)48)18-38(24)53-22-25-12-26(14-29(13-25)43(50)51)23-54-40-19-35-33(17-39(40)52-2)42(49)47-31(21-45-35)16-28-8-4-6-10-37(28)47;1-19-12(18)4-2-3-10(16)8-14-11(17)6-5-9(15)7-13/h4-11,18-21,24-28,38-39H,12-17,22-23,29-31H2,1-3H3,(H,56,64)(H,59,65);3-14,17-21,30-31H,15-16,22-23H2,1-2H3,(H,50,51);2-8,13H2,1H3,(H,14,17)/t38-,39-;30-,31-;/m00./s1. The fourth-order valence-corrected chi connectivity index (χ4v) is 18.3. The van der Waals surface area contributed by atoms with Gasteiger partial charge in [0.1, 0.15) is 43.7 Å². The van der Waals surface area contributed by atoms with Gasteiger partial charge in [0.15, 0.2) is 40.3 Å². The van der Waals surface area contributed by atoms with Gasteiger partial charge in [-0.05, 0) is 161 Å². The average molecular weight is 1960 g/mol. The van der Waals surface area contributed by atoms with Gasteiger partial charge >= 0.3 is 17.9 Å². The molecule has 0 saturated carbocycles. The van der Waals surface area contributed by atoms with E-state index in [0.29, 0.717) is 139 Å². The number of carboxylic acid groups (broad SMARTS) is 1. The number of nitrogens with two attached hydrogens (primary N) is 1. The van der Waals surface area contributed by atoms with Gasteiger partial charge in [-0.1, -0.05) is 72.8 Å². The molecule has 0 aliphatic carbocycles. The van der Waals surface area contributed by atoms with Gasteiger partial charge in [0.2, 0.25) is 17.7 Å². The zero-order valence-electron chi connectivity index (χ0n) is 80.6. The third kappa shape index (κ3) is 23.6. The van der Waals surface area contributed by atoms with Crippen LogP contribution < -0.4 is 69.7 Å². The summed E-state index contributed by atoms with van der Waals surface area (Å²) in [6.07, 6.45) is 10.2. The first-order chi connectivity index (χ1) is 70.1. The van der Waals surface area contributed by atoms with Crippen LogP contribution in [0.4, 0.5) is 45.5 Å². The first-order valence-corrected chi connectivity index (χ1v) is 47.4. The highest BCUT2D eigenvalue weighted by atomic mass is 16.5. The first-order valence-electron chi connectivity index (χ1n) is 47.4. The summed E-state index contributed by atoms with van der Waals surface area (Å²) in [5, 5.41) is 17.4. The molecule has 0 unspecified atom stereocenters. The average Bonchev–Trinajstić information content (AvgIpc) is 1.62. The van der Waals surface area contributed by atoms with E-state index in [4.69, 9.17) is 49.1 Å². The number of esters is 2. The van der Waals surface area contributed by atoms with Crippen molar-refractivity contribution in [2.45, 2.75) is 154 Å². The predicted molar refractivity (Wildman–Crippen MR) is 539 cm³/mol. The highest BCUT2D eigenvalue weighted by Crippen LogP contribution is 2.47. The van der Waals surface area contributed by atoms with E-state index < -0.39 is 23.8 Å². The van der Waals surface area contributed by atoms with Crippen LogP contribution in [-0.4, -0.2) is 191 Å². The van der Waals surface area contributed by atoms with Crippen molar-refractivity contribution >= 4 is 153 Å². The van der Waals surface area contributed by atoms with Crippen LogP contribution in [-0.2, 0) is 99.9 Å². The third-order valence-corrected chi connectivity index (χ3v) is 25.8. The van der Waals surface area contributed by atoms with Gasteiger partial charge < -0.3 is 64.7 Å². The molecule has 0 spiro atoms. The van der Waals surface area contributed by atoms with Crippen LogP contribution >= 0.6 is 0 Å². The van der Waals surface area contributed by atoms with Crippen LogP contribution in [0.5, 0.6) is 34.5 Å². The topological polar surface area (TPSA) is 458 Å². The maximum absolute atomic E-state index is 14.0. The van der Waals surface area contributed by atoms with E-state index >= 15 is 0 Å². The van der Waals surface area contributed by atoms with E-state index in [1.54, 1.807) is 111 Å². The molecule has 0 radical (unpaired) electrons. The van der Waals surface area contributed by atoms with Crippen LogP contribution in [0.25, 0.3) is 0 Å². The van der Waals surface area contributed by atoms with Crippen molar-refractivity contribution in [1.29, 1.82) is 0 Å². The molecule has 7 amide bonds. The Balaban J connectivity index is 0.000000181. The maximum Gasteiger partial charge on any atom is 0.335 e. The smallest absolute Gasteiger partial charge is 0.335 e. The summed E-state index contributed by atoms with van der Waals surface area (Å²) in [5.41, 5.74) is 20.8. The molecule has 8 aliphatic rings. The lowest BCUT2D eigenvalue weighted by Gasteiger charge is -2.22. The first kappa shape index (κ1) is 101. The number of rotatable bonds is 37.